The summed E-state index contributed by atoms with van der Waals surface area (Å²) >= 11 is 0. The summed E-state index contributed by atoms with van der Waals surface area (Å²) < 4.78 is 67.4. The number of hydrogen-bond acceptors (Lipinski definition) is 2. The average Bonchev–Trinajstić information content (AvgIpc) is 2.40. The van der Waals surface area contributed by atoms with Gasteiger partial charge in [0.25, 0.3) is 0 Å². The van der Waals surface area contributed by atoms with Crippen LogP contribution in [0, 0.1) is 11.6 Å². The maximum absolute atomic E-state index is 13.6. The van der Waals surface area contributed by atoms with Crippen LogP contribution in [0.1, 0.15) is 17.2 Å². The molecule has 0 heterocycles. The summed E-state index contributed by atoms with van der Waals surface area (Å²) in [6, 6.07) is 7.78. The fourth-order valence-electron chi connectivity index (χ4n) is 1.82. The van der Waals surface area contributed by atoms with Gasteiger partial charge in [0.2, 0.25) is 0 Å². The SMILES string of the molecule is OC(c1ccccc1OC(F)(F)F)c1cccc(F)c1F. The molecule has 0 aliphatic heterocycles. The Bertz CT molecular complexity index is 640. The maximum Gasteiger partial charge on any atom is 0.573 e. The minimum Gasteiger partial charge on any atom is -0.405 e. The predicted octanol–water partition coefficient (Wildman–Crippen LogP) is 3.95. The van der Waals surface area contributed by atoms with Crippen molar-refractivity contribution in [1.82, 2.24) is 0 Å². The highest BCUT2D eigenvalue weighted by Crippen LogP contribution is 2.34. The number of halogens is 5. The van der Waals surface area contributed by atoms with E-state index < -0.39 is 35.4 Å². The number of alkyl halides is 3. The lowest BCUT2D eigenvalue weighted by Crippen LogP contribution is -2.19. The van der Waals surface area contributed by atoms with E-state index >= 15 is 0 Å². The Morgan fingerprint density at radius 2 is 1.52 bits per heavy atom. The monoisotopic (exact) mass is 304 g/mol. The summed E-state index contributed by atoms with van der Waals surface area (Å²) in [5.41, 5.74) is -0.799. The molecule has 112 valence electrons. The summed E-state index contributed by atoms with van der Waals surface area (Å²) in [4.78, 5) is 0. The van der Waals surface area contributed by atoms with Crippen LogP contribution in [0.5, 0.6) is 5.75 Å². The zero-order valence-electron chi connectivity index (χ0n) is 10.4. The van der Waals surface area contributed by atoms with Gasteiger partial charge in [-0.25, -0.2) is 8.78 Å². The molecule has 0 aliphatic rings. The Labute approximate surface area is 116 Å². The zero-order chi connectivity index (χ0) is 15.6. The highest BCUT2D eigenvalue weighted by molar-refractivity contribution is 5.40. The van der Waals surface area contributed by atoms with E-state index in [1.54, 1.807) is 0 Å². The van der Waals surface area contributed by atoms with Gasteiger partial charge in [0, 0.05) is 11.1 Å². The van der Waals surface area contributed by atoms with Crippen molar-refractivity contribution < 1.29 is 31.8 Å². The number of benzene rings is 2. The minimum atomic E-state index is -4.96. The first-order chi connectivity index (χ1) is 9.79. The molecule has 0 aromatic heterocycles. The molecule has 21 heavy (non-hydrogen) atoms. The van der Waals surface area contributed by atoms with Gasteiger partial charge in [0.1, 0.15) is 11.9 Å². The molecule has 1 unspecified atom stereocenters. The first-order valence-corrected chi connectivity index (χ1v) is 5.76. The summed E-state index contributed by atoms with van der Waals surface area (Å²) in [5.74, 6) is -3.21. The Hall–Kier alpha value is -2.15. The van der Waals surface area contributed by atoms with Crippen LogP contribution in [-0.2, 0) is 0 Å². The van der Waals surface area contributed by atoms with Crippen molar-refractivity contribution in [2.24, 2.45) is 0 Å². The van der Waals surface area contributed by atoms with E-state index in [4.69, 9.17) is 0 Å². The molecule has 0 fully saturated rings. The first kappa shape index (κ1) is 15.2. The average molecular weight is 304 g/mol. The van der Waals surface area contributed by atoms with Crippen LogP contribution in [-0.4, -0.2) is 11.5 Å². The Balaban J connectivity index is 2.44. The summed E-state index contributed by atoms with van der Waals surface area (Å²) in [7, 11) is 0. The van der Waals surface area contributed by atoms with Crippen LogP contribution in [0.2, 0.25) is 0 Å². The topological polar surface area (TPSA) is 29.5 Å². The summed E-state index contributed by atoms with van der Waals surface area (Å²) in [5, 5.41) is 10.0. The van der Waals surface area contributed by atoms with Gasteiger partial charge in [-0.15, -0.1) is 13.2 Å². The molecule has 2 aromatic rings. The van der Waals surface area contributed by atoms with Crippen molar-refractivity contribution in [2.75, 3.05) is 0 Å². The number of para-hydroxylation sites is 1. The van der Waals surface area contributed by atoms with Gasteiger partial charge in [0.05, 0.1) is 0 Å². The fourth-order valence-corrected chi connectivity index (χ4v) is 1.82. The molecule has 0 aliphatic carbocycles. The number of hydrogen-bond donors (Lipinski definition) is 1. The lowest BCUT2D eigenvalue weighted by Gasteiger charge is -2.18. The van der Waals surface area contributed by atoms with Crippen LogP contribution >= 0.6 is 0 Å². The van der Waals surface area contributed by atoms with Crippen molar-refractivity contribution in [3.05, 3.63) is 65.2 Å². The standard InChI is InChI=1S/C14H9F5O2/c15-10-6-3-5-9(12(10)16)13(20)8-4-1-2-7-11(8)21-14(17,18)19/h1-7,13,20H. The van der Waals surface area contributed by atoms with Crippen molar-refractivity contribution in [3.63, 3.8) is 0 Å². The molecule has 7 heteroatoms. The van der Waals surface area contributed by atoms with E-state index in [0.29, 0.717) is 0 Å². The van der Waals surface area contributed by atoms with Gasteiger partial charge in [-0.1, -0.05) is 30.3 Å². The summed E-state index contributed by atoms with van der Waals surface area (Å²) in [6.07, 6.45) is -6.75. The van der Waals surface area contributed by atoms with Crippen LogP contribution in [0.4, 0.5) is 22.0 Å². The molecule has 0 amide bonds. The third-order valence-corrected chi connectivity index (χ3v) is 2.72. The van der Waals surface area contributed by atoms with Gasteiger partial charge in [-0.2, -0.15) is 0 Å². The van der Waals surface area contributed by atoms with Crippen LogP contribution in [0.25, 0.3) is 0 Å². The third-order valence-electron chi connectivity index (χ3n) is 2.72. The van der Waals surface area contributed by atoms with E-state index in [9.17, 15) is 27.1 Å². The Morgan fingerprint density at radius 3 is 2.19 bits per heavy atom. The zero-order valence-corrected chi connectivity index (χ0v) is 10.4. The molecule has 0 radical (unpaired) electrons. The van der Waals surface area contributed by atoms with E-state index in [1.165, 1.54) is 12.1 Å². The first-order valence-electron chi connectivity index (χ1n) is 5.76. The Morgan fingerprint density at radius 1 is 0.905 bits per heavy atom. The number of ether oxygens (including phenoxy) is 1. The van der Waals surface area contributed by atoms with E-state index in [-0.39, 0.29) is 5.56 Å². The molecule has 0 saturated heterocycles. The van der Waals surface area contributed by atoms with Crippen molar-refractivity contribution in [3.8, 4) is 5.75 Å². The van der Waals surface area contributed by atoms with Gasteiger partial charge in [-0.05, 0) is 12.1 Å². The quantitative estimate of drug-likeness (QED) is 0.870. The molecule has 0 saturated carbocycles. The number of aliphatic hydroxyl groups excluding tert-OH is 1. The molecule has 2 aromatic carbocycles. The Kier molecular flexibility index (Phi) is 4.13. The highest BCUT2D eigenvalue weighted by Gasteiger charge is 2.33. The molecular weight excluding hydrogens is 295 g/mol. The molecular formula is C14H9F5O2. The second kappa shape index (κ2) is 5.69. The normalized spacial score (nSPS) is 13.0. The predicted molar refractivity (Wildman–Crippen MR) is 63.5 cm³/mol. The molecule has 1 N–H and O–H groups in total. The largest absolute Gasteiger partial charge is 0.573 e. The minimum absolute atomic E-state index is 0.320. The smallest absolute Gasteiger partial charge is 0.405 e. The molecule has 0 spiro atoms. The molecule has 1 atom stereocenters. The van der Waals surface area contributed by atoms with Crippen LogP contribution in [0.15, 0.2) is 42.5 Å². The van der Waals surface area contributed by atoms with Gasteiger partial charge in [0.15, 0.2) is 11.6 Å². The third kappa shape index (κ3) is 3.49. The van der Waals surface area contributed by atoms with Gasteiger partial charge < -0.3 is 9.84 Å². The molecule has 2 rings (SSSR count). The lowest BCUT2D eigenvalue weighted by molar-refractivity contribution is -0.275. The second-order valence-electron chi connectivity index (χ2n) is 4.13. The van der Waals surface area contributed by atoms with Crippen molar-refractivity contribution >= 4 is 0 Å². The van der Waals surface area contributed by atoms with Crippen LogP contribution < -0.4 is 4.74 Å². The van der Waals surface area contributed by atoms with Crippen molar-refractivity contribution in [2.45, 2.75) is 12.5 Å². The second-order valence-corrected chi connectivity index (χ2v) is 4.13. The van der Waals surface area contributed by atoms with Gasteiger partial charge in [-0.3, -0.25) is 0 Å². The number of aliphatic hydroxyl groups is 1. The van der Waals surface area contributed by atoms with Crippen molar-refractivity contribution in [1.29, 1.82) is 0 Å². The van der Waals surface area contributed by atoms with E-state index in [2.05, 4.69) is 4.74 Å². The molecule has 0 bridgehead atoms. The van der Waals surface area contributed by atoms with Crippen LogP contribution in [0.3, 0.4) is 0 Å². The van der Waals surface area contributed by atoms with E-state index in [0.717, 1.165) is 30.3 Å². The molecule has 2 nitrogen and oxygen atoms in total. The summed E-state index contributed by atoms with van der Waals surface area (Å²) in [6.45, 7) is 0. The van der Waals surface area contributed by atoms with E-state index in [1.807, 2.05) is 0 Å². The number of rotatable bonds is 3. The lowest BCUT2D eigenvalue weighted by atomic mass is 10.00. The highest BCUT2D eigenvalue weighted by atomic mass is 19.4. The fraction of sp³-hybridized carbons (Fsp3) is 0.143. The van der Waals surface area contributed by atoms with Gasteiger partial charge >= 0.3 is 6.36 Å². The maximum atomic E-state index is 13.6.